The Balaban J connectivity index is 2.59. The van der Waals surface area contributed by atoms with E-state index in [2.05, 4.69) is 5.10 Å². The number of nitrogens with zero attached hydrogens (tertiary/aromatic N) is 2. The number of hydrogen-bond acceptors (Lipinski definition) is 3. The van der Waals surface area contributed by atoms with Crippen LogP contribution in [0.15, 0.2) is 17.1 Å². The Morgan fingerprint density at radius 3 is 2.86 bits per heavy atom. The van der Waals surface area contributed by atoms with Gasteiger partial charge in [0.05, 0.1) is 6.20 Å². The molecule has 0 N–H and O–H groups in total. The lowest BCUT2D eigenvalue weighted by Crippen LogP contribution is -2.22. The van der Waals surface area contributed by atoms with Crippen LogP contribution < -0.4 is 5.56 Å². The fraction of sp³-hybridized carbons (Fsp3) is 0.500. The smallest absolute Gasteiger partial charge is 0.266 e. The Morgan fingerprint density at radius 2 is 2.29 bits per heavy atom. The highest BCUT2D eigenvalue weighted by Gasteiger charge is 1.98. The molecule has 0 atom stereocenters. The van der Waals surface area contributed by atoms with Crippen LogP contribution in [0.4, 0.5) is 0 Å². The van der Waals surface area contributed by atoms with Gasteiger partial charge in [0, 0.05) is 19.0 Å². The Kier molecular flexibility index (Phi) is 3.56. The van der Waals surface area contributed by atoms with Crippen molar-refractivity contribution in [1.29, 1.82) is 0 Å². The second kappa shape index (κ2) is 4.69. The predicted molar refractivity (Wildman–Crippen MR) is 53.1 cm³/mol. The number of carbonyl (C=O) groups excluding carboxylic acids is 1. The van der Waals surface area contributed by atoms with Crippen LogP contribution in [-0.2, 0) is 11.3 Å². The van der Waals surface area contributed by atoms with Gasteiger partial charge < -0.3 is 4.79 Å². The first kappa shape index (κ1) is 10.6. The third-order valence-corrected chi connectivity index (χ3v) is 1.91. The summed E-state index contributed by atoms with van der Waals surface area (Å²) in [6.45, 7) is 3.89. The van der Waals surface area contributed by atoms with Crippen LogP contribution in [0.5, 0.6) is 0 Å². The van der Waals surface area contributed by atoms with Gasteiger partial charge in [0.1, 0.15) is 5.78 Å². The van der Waals surface area contributed by atoms with E-state index in [0.717, 1.165) is 5.56 Å². The molecule has 1 aromatic rings. The Hall–Kier alpha value is -1.45. The molecule has 0 radical (unpaired) electrons. The zero-order chi connectivity index (χ0) is 10.6. The van der Waals surface area contributed by atoms with Crippen LogP contribution in [0.1, 0.15) is 25.3 Å². The van der Waals surface area contributed by atoms with Gasteiger partial charge in [-0.15, -0.1) is 0 Å². The highest BCUT2D eigenvalue weighted by molar-refractivity contribution is 5.75. The van der Waals surface area contributed by atoms with E-state index in [0.29, 0.717) is 19.4 Å². The van der Waals surface area contributed by atoms with Crippen molar-refractivity contribution >= 4 is 5.78 Å². The first-order chi connectivity index (χ1) is 6.59. The molecule has 0 bridgehead atoms. The van der Waals surface area contributed by atoms with Crippen LogP contribution in [0.25, 0.3) is 0 Å². The molecule has 14 heavy (non-hydrogen) atoms. The zero-order valence-corrected chi connectivity index (χ0v) is 8.49. The first-order valence-corrected chi connectivity index (χ1v) is 4.63. The SMILES string of the molecule is CC(=O)CCCn1ncc(C)cc1=O. The summed E-state index contributed by atoms with van der Waals surface area (Å²) in [5.41, 5.74) is 0.756. The van der Waals surface area contributed by atoms with E-state index in [-0.39, 0.29) is 11.3 Å². The number of rotatable bonds is 4. The Labute approximate surface area is 82.6 Å². The van der Waals surface area contributed by atoms with E-state index in [1.807, 2.05) is 6.92 Å². The fourth-order valence-electron chi connectivity index (χ4n) is 1.17. The number of ketones is 1. The standard InChI is InChI=1S/C10H14N2O2/c1-8-6-10(14)12(11-7-8)5-3-4-9(2)13/h6-7H,3-5H2,1-2H3. The van der Waals surface area contributed by atoms with Gasteiger partial charge in [-0.25, -0.2) is 4.68 Å². The lowest BCUT2D eigenvalue weighted by Gasteiger charge is -2.02. The maximum atomic E-state index is 11.3. The fourth-order valence-corrected chi connectivity index (χ4v) is 1.17. The summed E-state index contributed by atoms with van der Waals surface area (Å²) in [5.74, 6) is 0.144. The molecule has 0 aliphatic rings. The van der Waals surface area contributed by atoms with Gasteiger partial charge in [-0.1, -0.05) is 0 Å². The summed E-state index contributed by atoms with van der Waals surface area (Å²) in [6.07, 6.45) is 2.82. The minimum absolute atomic E-state index is 0.103. The van der Waals surface area contributed by atoms with E-state index in [1.54, 1.807) is 19.2 Å². The van der Waals surface area contributed by atoms with Crippen molar-refractivity contribution in [2.75, 3.05) is 0 Å². The molecule has 76 valence electrons. The molecule has 0 saturated heterocycles. The van der Waals surface area contributed by atoms with E-state index in [1.165, 1.54) is 4.68 Å². The molecule has 0 spiro atoms. The molecule has 4 nitrogen and oxygen atoms in total. The van der Waals surface area contributed by atoms with Crippen molar-refractivity contribution in [2.24, 2.45) is 0 Å². The average Bonchev–Trinajstić information content (AvgIpc) is 2.08. The highest BCUT2D eigenvalue weighted by atomic mass is 16.1. The number of aryl methyl sites for hydroxylation is 2. The summed E-state index contributed by atoms with van der Waals surface area (Å²) in [4.78, 5) is 22.0. The molecule has 0 aliphatic heterocycles. The van der Waals surface area contributed by atoms with Crippen LogP contribution in [0.2, 0.25) is 0 Å². The summed E-state index contributed by atoms with van der Waals surface area (Å²) >= 11 is 0. The molecule has 0 aliphatic carbocycles. The molecular formula is C10H14N2O2. The molecule has 0 fully saturated rings. The van der Waals surface area contributed by atoms with Gasteiger partial charge in [-0.2, -0.15) is 5.10 Å². The van der Waals surface area contributed by atoms with E-state index >= 15 is 0 Å². The molecule has 0 aromatic carbocycles. The van der Waals surface area contributed by atoms with Gasteiger partial charge in [-0.05, 0) is 25.8 Å². The maximum absolute atomic E-state index is 11.3. The second-order valence-corrected chi connectivity index (χ2v) is 3.40. The van der Waals surface area contributed by atoms with Crippen LogP contribution in [0.3, 0.4) is 0 Å². The van der Waals surface area contributed by atoms with Crippen LogP contribution in [-0.4, -0.2) is 15.6 Å². The predicted octanol–water partition coefficient (Wildman–Crippen LogP) is 0.921. The molecule has 0 saturated carbocycles. The van der Waals surface area contributed by atoms with E-state index in [9.17, 15) is 9.59 Å². The van der Waals surface area contributed by atoms with E-state index in [4.69, 9.17) is 0 Å². The number of carbonyl (C=O) groups is 1. The zero-order valence-electron chi connectivity index (χ0n) is 8.49. The van der Waals surface area contributed by atoms with Gasteiger partial charge in [-0.3, -0.25) is 4.79 Å². The second-order valence-electron chi connectivity index (χ2n) is 3.40. The molecule has 1 rings (SSSR count). The van der Waals surface area contributed by atoms with Gasteiger partial charge >= 0.3 is 0 Å². The van der Waals surface area contributed by atoms with Crippen molar-refractivity contribution < 1.29 is 4.79 Å². The Bertz CT molecular complexity index is 382. The van der Waals surface area contributed by atoms with Crippen molar-refractivity contribution in [2.45, 2.75) is 33.2 Å². The van der Waals surface area contributed by atoms with Gasteiger partial charge in [0.2, 0.25) is 0 Å². The van der Waals surface area contributed by atoms with E-state index < -0.39 is 0 Å². The van der Waals surface area contributed by atoms with Crippen LogP contribution >= 0.6 is 0 Å². The number of hydrogen-bond donors (Lipinski definition) is 0. The summed E-state index contributed by atoms with van der Waals surface area (Å²) in [7, 11) is 0. The molecule has 0 unspecified atom stereocenters. The largest absolute Gasteiger partial charge is 0.300 e. The van der Waals surface area contributed by atoms with Gasteiger partial charge in [0.15, 0.2) is 0 Å². The molecular weight excluding hydrogens is 180 g/mol. The minimum Gasteiger partial charge on any atom is -0.300 e. The van der Waals surface area contributed by atoms with Crippen molar-refractivity contribution in [1.82, 2.24) is 9.78 Å². The lowest BCUT2D eigenvalue weighted by atomic mass is 10.2. The summed E-state index contributed by atoms with van der Waals surface area (Å²) in [5, 5.41) is 3.97. The summed E-state index contributed by atoms with van der Waals surface area (Å²) < 4.78 is 1.38. The molecule has 1 aromatic heterocycles. The topological polar surface area (TPSA) is 52.0 Å². The highest BCUT2D eigenvalue weighted by Crippen LogP contribution is 1.93. The van der Waals surface area contributed by atoms with Crippen LogP contribution in [0, 0.1) is 6.92 Å². The third kappa shape index (κ3) is 3.12. The third-order valence-electron chi connectivity index (χ3n) is 1.91. The maximum Gasteiger partial charge on any atom is 0.266 e. The Morgan fingerprint density at radius 1 is 1.57 bits per heavy atom. The minimum atomic E-state index is -0.103. The van der Waals surface area contributed by atoms with Crippen molar-refractivity contribution in [3.8, 4) is 0 Å². The molecule has 0 amide bonds. The monoisotopic (exact) mass is 194 g/mol. The number of aromatic nitrogens is 2. The van der Waals surface area contributed by atoms with Crippen molar-refractivity contribution in [3.63, 3.8) is 0 Å². The normalized spacial score (nSPS) is 10.1. The quantitative estimate of drug-likeness (QED) is 0.716. The lowest BCUT2D eigenvalue weighted by molar-refractivity contribution is -0.117. The summed E-state index contributed by atoms with van der Waals surface area (Å²) in [6, 6.07) is 1.54. The van der Waals surface area contributed by atoms with Gasteiger partial charge in [0.25, 0.3) is 5.56 Å². The van der Waals surface area contributed by atoms with Crippen molar-refractivity contribution in [3.05, 3.63) is 28.2 Å². The molecule has 1 heterocycles. The average molecular weight is 194 g/mol. The number of Topliss-reactive ketones (excluding diaryl/α,β-unsaturated/α-hetero) is 1. The first-order valence-electron chi connectivity index (χ1n) is 4.63. The molecule has 4 heteroatoms.